The number of hydrogen-bond donors (Lipinski definition) is 2. The Hall–Kier alpha value is -2.62. The molecule has 1 saturated heterocycles. The Bertz CT molecular complexity index is 992. The van der Waals surface area contributed by atoms with Crippen LogP contribution < -0.4 is 10.6 Å². The van der Waals surface area contributed by atoms with Crippen molar-refractivity contribution in [1.82, 2.24) is 9.38 Å². The molecule has 3 heterocycles. The van der Waals surface area contributed by atoms with Gasteiger partial charge in [0.2, 0.25) is 0 Å². The zero-order chi connectivity index (χ0) is 17.6. The van der Waals surface area contributed by atoms with Crippen molar-refractivity contribution < 1.29 is 5.11 Å². The molecule has 1 aliphatic rings. The van der Waals surface area contributed by atoms with Crippen LogP contribution in [0.1, 0.15) is 24.0 Å². The number of rotatable bonds is 2. The fraction of sp³-hybridized carbons (Fsp3) is 0.368. The lowest BCUT2D eigenvalue weighted by Crippen LogP contribution is -2.53. The fourth-order valence-corrected chi connectivity index (χ4v) is 3.64. The number of nitrogens with two attached hydrogens (primary N) is 1. The molecule has 3 aromatic rings. The first kappa shape index (κ1) is 15.9. The van der Waals surface area contributed by atoms with Gasteiger partial charge in [0.15, 0.2) is 5.65 Å². The number of anilines is 1. The Morgan fingerprint density at radius 2 is 2.04 bits per heavy atom. The standard InChI is InChI=1S/C19H21N5O/c1-13-10-17(23-8-6-19(21,12-25)7-9-23)24-16-5-3-2-4-15(16)22-18(24)14(13)11-20/h2-5,10,25H,6-9,12,21H2,1H3. The molecule has 4 rings (SSSR count). The molecule has 6 heteroatoms. The van der Waals surface area contributed by atoms with Gasteiger partial charge in [-0.3, -0.25) is 4.40 Å². The maximum absolute atomic E-state index is 9.58. The normalized spacial score (nSPS) is 17.1. The molecule has 128 valence electrons. The van der Waals surface area contributed by atoms with Crippen molar-refractivity contribution in [3.8, 4) is 6.07 Å². The average molecular weight is 335 g/mol. The number of pyridine rings is 1. The molecule has 25 heavy (non-hydrogen) atoms. The molecule has 0 bridgehead atoms. The van der Waals surface area contributed by atoms with Crippen LogP contribution in [0.3, 0.4) is 0 Å². The topological polar surface area (TPSA) is 90.6 Å². The van der Waals surface area contributed by atoms with Crippen LogP contribution in [0.5, 0.6) is 0 Å². The molecular weight excluding hydrogens is 314 g/mol. The fourth-order valence-electron chi connectivity index (χ4n) is 3.64. The van der Waals surface area contributed by atoms with Crippen LogP contribution in [-0.4, -0.2) is 39.7 Å². The van der Waals surface area contributed by atoms with Crippen molar-refractivity contribution >= 4 is 22.5 Å². The van der Waals surface area contributed by atoms with Gasteiger partial charge in [0, 0.05) is 18.6 Å². The van der Waals surface area contributed by atoms with E-state index < -0.39 is 5.54 Å². The quantitative estimate of drug-likeness (QED) is 0.747. The molecule has 1 fully saturated rings. The summed E-state index contributed by atoms with van der Waals surface area (Å²) in [4.78, 5) is 6.97. The Kier molecular flexibility index (Phi) is 3.64. The lowest BCUT2D eigenvalue weighted by Gasteiger charge is -2.39. The summed E-state index contributed by atoms with van der Waals surface area (Å²) in [6.07, 6.45) is 1.47. The van der Waals surface area contributed by atoms with Gasteiger partial charge in [0.05, 0.1) is 23.2 Å². The molecule has 3 N–H and O–H groups in total. The molecule has 0 spiro atoms. The zero-order valence-electron chi connectivity index (χ0n) is 14.2. The number of fused-ring (bicyclic) bond motifs is 3. The van der Waals surface area contributed by atoms with E-state index >= 15 is 0 Å². The highest BCUT2D eigenvalue weighted by atomic mass is 16.3. The Morgan fingerprint density at radius 3 is 2.72 bits per heavy atom. The van der Waals surface area contributed by atoms with Crippen molar-refractivity contribution in [3.05, 3.63) is 41.5 Å². The molecule has 1 aliphatic heterocycles. The molecule has 2 aromatic heterocycles. The number of piperidine rings is 1. The number of aliphatic hydroxyl groups excluding tert-OH is 1. The maximum Gasteiger partial charge on any atom is 0.157 e. The molecule has 0 aliphatic carbocycles. The molecule has 0 atom stereocenters. The SMILES string of the molecule is Cc1cc(N2CCC(N)(CO)CC2)n2c(nc3ccccc32)c1C#N. The molecule has 0 saturated carbocycles. The van der Waals surface area contributed by atoms with Gasteiger partial charge >= 0.3 is 0 Å². The zero-order valence-corrected chi connectivity index (χ0v) is 14.2. The third kappa shape index (κ3) is 2.44. The largest absolute Gasteiger partial charge is 0.394 e. The van der Waals surface area contributed by atoms with Crippen LogP contribution in [0.2, 0.25) is 0 Å². The molecule has 0 amide bonds. The summed E-state index contributed by atoms with van der Waals surface area (Å²) in [5, 5.41) is 19.1. The lowest BCUT2D eigenvalue weighted by molar-refractivity contribution is 0.170. The summed E-state index contributed by atoms with van der Waals surface area (Å²) in [5.41, 5.74) is 9.84. The number of aryl methyl sites for hydroxylation is 1. The number of imidazole rings is 1. The van der Waals surface area contributed by atoms with Crippen molar-refractivity contribution in [2.75, 3.05) is 24.6 Å². The predicted molar refractivity (Wildman–Crippen MR) is 97.6 cm³/mol. The van der Waals surface area contributed by atoms with E-state index in [1.165, 1.54) is 0 Å². The molecule has 6 nitrogen and oxygen atoms in total. The third-order valence-corrected chi connectivity index (χ3v) is 5.26. The van der Waals surface area contributed by atoms with Crippen LogP contribution in [0.15, 0.2) is 30.3 Å². The van der Waals surface area contributed by atoms with E-state index in [4.69, 9.17) is 10.7 Å². The van der Waals surface area contributed by atoms with Crippen LogP contribution >= 0.6 is 0 Å². The first-order valence-corrected chi connectivity index (χ1v) is 8.52. The summed E-state index contributed by atoms with van der Waals surface area (Å²) in [6, 6.07) is 12.3. The minimum absolute atomic E-state index is 0.0106. The monoisotopic (exact) mass is 335 g/mol. The second kappa shape index (κ2) is 5.73. The van der Waals surface area contributed by atoms with E-state index in [1.54, 1.807) is 0 Å². The summed E-state index contributed by atoms with van der Waals surface area (Å²) < 4.78 is 2.07. The Morgan fingerprint density at radius 1 is 1.32 bits per heavy atom. The number of hydrogen-bond acceptors (Lipinski definition) is 5. The number of aliphatic hydroxyl groups is 1. The van der Waals surface area contributed by atoms with Crippen molar-refractivity contribution in [2.45, 2.75) is 25.3 Å². The van der Waals surface area contributed by atoms with Crippen LogP contribution in [0.4, 0.5) is 5.82 Å². The van der Waals surface area contributed by atoms with E-state index in [9.17, 15) is 10.4 Å². The van der Waals surface area contributed by atoms with Gasteiger partial charge in [0.1, 0.15) is 11.9 Å². The minimum Gasteiger partial charge on any atom is -0.394 e. The highest BCUT2D eigenvalue weighted by Crippen LogP contribution is 2.31. The van der Waals surface area contributed by atoms with E-state index in [-0.39, 0.29) is 6.61 Å². The number of benzene rings is 1. The number of nitriles is 1. The van der Waals surface area contributed by atoms with Crippen LogP contribution in [-0.2, 0) is 0 Å². The second-order valence-corrected chi connectivity index (χ2v) is 6.94. The maximum atomic E-state index is 9.58. The predicted octanol–water partition coefficient (Wildman–Crippen LogP) is 1.96. The third-order valence-electron chi connectivity index (χ3n) is 5.26. The van der Waals surface area contributed by atoms with Crippen LogP contribution in [0.25, 0.3) is 16.7 Å². The highest BCUT2D eigenvalue weighted by molar-refractivity contribution is 5.85. The van der Waals surface area contributed by atoms with Gasteiger partial charge in [-0.15, -0.1) is 0 Å². The molecule has 0 unspecified atom stereocenters. The van der Waals surface area contributed by atoms with Crippen molar-refractivity contribution in [1.29, 1.82) is 5.26 Å². The van der Waals surface area contributed by atoms with Gasteiger partial charge in [-0.05, 0) is 43.5 Å². The molecular formula is C19H21N5O. The highest BCUT2D eigenvalue weighted by Gasteiger charge is 2.31. The van der Waals surface area contributed by atoms with E-state index in [1.807, 2.05) is 31.2 Å². The van der Waals surface area contributed by atoms with E-state index in [2.05, 4.69) is 21.4 Å². The van der Waals surface area contributed by atoms with Crippen molar-refractivity contribution in [3.63, 3.8) is 0 Å². The summed E-state index contributed by atoms with van der Waals surface area (Å²) in [7, 11) is 0. The van der Waals surface area contributed by atoms with Gasteiger partial charge in [0.25, 0.3) is 0 Å². The average Bonchev–Trinajstić information content (AvgIpc) is 3.01. The summed E-state index contributed by atoms with van der Waals surface area (Å²) in [6.45, 7) is 3.50. The summed E-state index contributed by atoms with van der Waals surface area (Å²) in [5.74, 6) is 1.03. The first-order valence-electron chi connectivity index (χ1n) is 8.52. The smallest absolute Gasteiger partial charge is 0.157 e. The molecule has 0 radical (unpaired) electrons. The van der Waals surface area contributed by atoms with Gasteiger partial charge < -0.3 is 15.7 Å². The number of para-hydroxylation sites is 2. The lowest BCUT2D eigenvalue weighted by atomic mass is 9.89. The number of nitrogens with zero attached hydrogens (tertiary/aromatic N) is 4. The Balaban J connectivity index is 1.91. The Labute approximate surface area is 146 Å². The van der Waals surface area contributed by atoms with Gasteiger partial charge in [-0.25, -0.2) is 4.98 Å². The molecule has 1 aromatic carbocycles. The second-order valence-electron chi connectivity index (χ2n) is 6.94. The summed E-state index contributed by atoms with van der Waals surface area (Å²) >= 11 is 0. The van der Waals surface area contributed by atoms with Crippen LogP contribution in [0, 0.1) is 18.3 Å². The minimum atomic E-state index is -0.492. The van der Waals surface area contributed by atoms with Gasteiger partial charge in [-0.1, -0.05) is 12.1 Å². The van der Waals surface area contributed by atoms with E-state index in [0.717, 1.165) is 48.3 Å². The van der Waals surface area contributed by atoms with E-state index in [0.29, 0.717) is 11.2 Å². The van der Waals surface area contributed by atoms with Gasteiger partial charge in [-0.2, -0.15) is 5.26 Å². The first-order chi connectivity index (χ1) is 12.1. The van der Waals surface area contributed by atoms with Crippen molar-refractivity contribution in [2.24, 2.45) is 5.73 Å². The number of aromatic nitrogens is 2.